The summed E-state index contributed by atoms with van der Waals surface area (Å²) in [4.78, 5) is 0. The fraction of sp³-hybridized carbons (Fsp3) is 0. The molecular weight excluding hydrogens is 319 g/mol. The monoisotopic (exact) mass is 318 g/mol. The van der Waals surface area contributed by atoms with E-state index in [1.165, 1.54) is 0 Å². The van der Waals surface area contributed by atoms with E-state index in [0.29, 0.717) is 0 Å². The minimum atomic E-state index is -2.85. The number of hydrogen-bond donors (Lipinski definition) is 0. The van der Waals surface area contributed by atoms with Gasteiger partial charge in [-0.15, -0.1) is 0 Å². The third-order valence-corrected chi connectivity index (χ3v) is 0. The van der Waals surface area contributed by atoms with Gasteiger partial charge in [0.25, 0.3) is 0 Å². The van der Waals surface area contributed by atoms with Gasteiger partial charge in [-0.1, -0.05) is 0 Å². The van der Waals surface area contributed by atoms with Gasteiger partial charge >= 0.3 is 99.8 Å². The van der Waals surface area contributed by atoms with Gasteiger partial charge in [-0.25, -0.2) is 0 Å². The molecule has 15 heavy (non-hydrogen) atoms. The van der Waals surface area contributed by atoms with Gasteiger partial charge in [-0.3, -0.25) is 0 Å². The van der Waals surface area contributed by atoms with Gasteiger partial charge in [-0.05, 0) is 0 Å². The summed E-state index contributed by atoms with van der Waals surface area (Å²) in [6.07, 6.45) is 0. The van der Waals surface area contributed by atoms with Gasteiger partial charge < -0.3 is 41.9 Å². The summed E-state index contributed by atoms with van der Waals surface area (Å²) in [6.45, 7) is 0. The first-order valence-electron chi connectivity index (χ1n) is 1.39. The largest absolute Gasteiger partial charge is 1.00 e. The Morgan fingerprint density at radius 3 is 0.467 bits per heavy atom. The molecule has 0 aliphatic carbocycles. The standard InChI is InChI=1S/3ClO3.K.Li.Na/c3*2-1(3)4;;;/q3*-1;3*+1. The van der Waals surface area contributed by atoms with Crippen LogP contribution in [0, 0.1) is 32.4 Å². The van der Waals surface area contributed by atoms with Gasteiger partial charge in [0.15, 0.2) is 0 Å². The maximum Gasteiger partial charge on any atom is 1.00 e. The van der Waals surface area contributed by atoms with Crippen molar-refractivity contribution in [3.8, 4) is 0 Å². The van der Waals surface area contributed by atoms with Crippen LogP contribution in [0.2, 0.25) is 0 Å². The van der Waals surface area contributed by atoms with Gasteiger partial charge in [0.1, 0.15) is 0 Å². The molecule has 0 fully saturated rings. The van der Waals surface area contributed by atoms with Gasteiger partial charge in [0, 0.05) is 0 Å². The van der Waals surface area contributed by atoms with Crippen LogP contribution in [0.15, 0.2) is 0 Å². The van der Waals surface area contributed by atoms with Gasteiger partial charge in [0.05, 0.1) is 32.4 Å². The third kappa shape index (κ3) is 314. The van der Waals surface area contributed by atoms with Crippen LogP contribution in [0.1, 0.15) is 0 Å². The first-order chi connectivity index (χ1) is 5.20. The Kier molecular flexibility index (Phi) is 74.2. The minimum Gasteiger partial charge on any atom is -0.357 e. The van der Waals surface area contributed by atoms with Crippen molar-refractivity contribution < 1.29 is 174 Å². The van der Waals surface area contributed by atoms with Crippen LogP contribution in [-0.4, -0.2) is 0 Å². The predicted octanol–water partition coefficient (Wildman–Crippen LogP) is -19.7. The number of hydrogen-bond acceptors (Lipinski definition) is 9. The Balaban J connectivity index is -0.0000000184. The van der Waals surface area contributed by atoms with Crippen molar-refractivity contribution in [2.45, 2.75) is 0 Å². The molecule has 0 bridgehead atoms. The van der Waals surface area contributed by atoms with E-state index in [1.54, 1.807) is 0 Å². The first kappa shape index (κ1) is 36.3. The molecule has 15 heteroatoms. The molecule has 9 nitrogen and oxygen atoms in total. The average molecular weight is 319 g/mol. The van der Waals surface area contributed by atoms with E-state index in [0.717, 1.165) is 0 Å². The van der Waals surface area contributed by atoms with E-state index >= 15 is 0 Å². The van der Waals surface area contributed by atoms with Crippen molar-refractivity contribution in [3.05, 3.63) is 0 Å². The number of halogens is 3. The maximum absolute atomic E-state index is 8.41. The topological polar surface area (TPSA) is 208 Å². The van der Waals surface area contributed by atoms with Crippen LogP contribution in [0.4, 0.5) is 0 Å². The van der Waals surface area contributed by atoms with E-state index in [1.807, 2.05) is 0 Å². The third-order valence-electron chi connectivity index (χ3n) is 0. The van der Waals surface area contributed by atoms with Crippen molar-refractivity contribution in [3.63, 3.8) is 0 Å². The SMILES string of the molecule is [K+].[Li+].[Na+].[O-][Cl+2]([O-])[O-].[O-][Cl+2]([O-])[O-].[O-][Cl+2]([O-])[O-]. The molecule has 78 valence electrons. The summed E-state index contributed by atoms with van der Waals surface area (Å²) >= 11 is 0. The fourth-order valence-corrected chi connectivity index (χ4v) is 0. The van der Waals surface area contributed by atoms with E-state index in [4.69, 9.17) is 41.9 Å². The van der Waals surface area contributed by atoms with E-state index in [-0.39, 0.29) is 99.8 Å². The van der Waals surface area contributed by atoms with Crippen molar-refractivity contribution in [1.29, 1.82) is 0 Å². The average Bonchev–Trinajstić information content (AvgIpc) is 1.54. The molecule has 0 amide bonds. The van der Waals surface area contributed by atoms with Crippen molar-refractivity contribution in [2.24, 2.45) is 0 Å². The predicted molar refractivity (Wildman–Crippen MR) is 0 cm³/mol. The molecule has 0 aliphatic heterocycles. The summed E-state index contributed by atoms with van der Waals surface area (Å²) in [5, 5.41) is 0. The van der Waals surface area contributed by atoms with Crippen LogP contribution in [0.25, 0.3) is 0 Å². The van der Waals surface area contributed by atoms with E-state index < -0.39 is 32.4 Å². The molecule has 0 N–H and O–H groups in total. The smallest absolute Gasteiger partial charge is 0.357 e. The summed E-state index contributed by atoms with van der Waals surface area (Å²) in [7, 11) is -8.56. The van der Waals surface area contributed by atoms with Crippen LogP contribution in [0.5, 0.6) is 0 Å². The van der Waals surface area contributed by atoms with Crippen molar-refractivity contribution in [1.82, 2.24) is 0 Å². The maximum atomic E-state index is 8.41. The molecule has 0 atom stereocenters. The molecule has 0 spiro atoms. The second-order valence-electron chi connectivity index (χ2n) is 0.567. The molecule has 0 aromatic heterocycles. The zero-order valence-electron chi connectivity index (χ0n) is 7.81. The molecule has 0 unspecified atom stereocenters. The van der Waals surface area contributed by atoms with Crippen molar-refractivity contribution in [2.75, 3.05) is 0 Å². The molecule has 0 radical (unpaired) electrons. The number of rotatable bonds is 0. The summed E-state index contributed by atoms with van der Waals surface area (Å²) in [5.41, 5.74) is 0. The van der Waals surface area contributed by atoms with Gasteiger partial charge in [0.2, 0.25) is 0 Å². The zero-order chi connectivity index (χ0) is 10.7. The molecule has 0 saturated heterocycles. The van der Waals surface area contributed by atoms with Gasteiger partial charge in [-0.2, -0.15) is 0 Å². The molecule has 0 aromatic rings. The second kappa shape index (κ2) is 30.6. The van der Waals surface area contributed by atoms with Crippen LogP contribution in [-0.2, 0) is 0 Å². The molecule has 0 aromatic carbocycles. The Morgan fingerprint density at radius 2 is 0.467 bits per heavy atom. The zero-order valence-corrected chi connectivity index (χ0v) is 15.2. The Hall–Kier alpha value is 3.74. The quantitative estimate of drug-likeness (QED) is 0.387. The normalized spacial score (nSPS) is 7.20. The summed E-state index contributed by atoms with van der Waals surface area (Å²) in [5.74, 6) is 0. The Labute approximate surface area is 171 Å². The van der Waals surface area contributed by atoms with E-state index in [2.05, 4.69) is 0 Å². The Bertz CT molecular complexity index is 53.8. The van der Waals surface area contributed by atoms with Crippen molar-refractivity contribution >= 4 is 0 Å². The molecule has 0 rings (SSSR count). The Morgan fingerprint density at radius 1 is 0.467 bits per heavy atom. The van der Waals surface area contributed by atoms with Crippen LogP contribution < -0.4 is 142 Å². The summed E-state index contributed by atoms with van der Waals surface area (Å²) < 4.78 is 75.7. The molecule has 0 aliphatic rings. The minimum absolute atomic E-state index is 0. The first-order valence-corrected chi connectivity index (χ1v) is 4.17. The fourth-order valence-electron chi connectivity index (χ4n) is 0. The second-order valence-corrected chi connectivity index (χ2v) is 1.70. The molecular formula is Cl3KLiNaO9. The molecule has 0 saturated carbocycles. The van der Waals surface area contributed by atoms with E-state index in [9.17, 15) is 0 Å². The van der Waals surface area contributed by atoms with Crippen LogP contribution >= 0.6 is 0 Å². The summed E-state index contributed by atoms with van der Waals surface area (Å²) in [6, 6.07) is 0. The molecule has 0 heterocycles. The van der Waals surface area contributed by atoms with Crippen LogP contribution in [0.3, 0.4) is 0 Å².